The lowest BCUT2D eigenvalue weighted by molar-refractivity contribution is 0.403. The van der Waals surface area contributed by atoms with Crippen LogP contribution in [0.15, 0.2) is 53.9 Å². The molecule has 30 heavy (non-hydrogen) atoms. The van der Waals surface area contributed by atoms with Gasteiger partial charge in [-0.2, -0.15) is 10.2 Å². The molecule has 0 bridgehead atoms. The summed E-state index contributed by atoms with van der Waals surface area (Å²) in [5.41, 5.74) is 2.02. The minimum Gasteiger partial charge on any atom is -0.495 e. The van der Waals surface area contributed by atoms with Gasteiger partial charge in [0.05, 0.1) is 36.9 Å². The lowest BCUT2D eigenvalue weighted by Gasteiger charge is -2.13. The van der Waals surface area contributed by atoms with Crippen molar-refractivity contribution in [1.29, 1.82) is 0 Å². The number of methoxy groups -OCH3 is 1. The van der Waals surface area contributed by atoms with Crippen molar-refractivity contribution in [2.75, 3.05) is 11.8 Å². The van der Waals surface area contributed by atoms with E-state index in [1.165, 1.54) is 36.4 Å². The second kappa shape index (κ2) is 6.84. The standard InChI is InChI=1S/C20H20N6O3S.H2/c1-25-19-14(9-22-25)5-7-17(29-2)20(19)30(27,28)24-16-6-8-18(21-11-16)26-12-15(10-23-26)13-3-4-13;/h5-13,24H,3-4H2,1-2H3;1H. The summed E-state index contributed by atoms with van der Waals surface area (Å²) in [6.07, 6.45) is 9.32. The van der Waals surface area contributed by atoms with E-state index in [9.17, 15) is 8.42 Å². The second-order valence-electron chi connectivity index (χ2n) is 7.31. The summed E-state index contributed by atoms with van der Waals surface area (Å²) in [7, 11) is -0.821. The van der Waals surface area contributed by atoms with Crippen LogP contribution in [0, 0.1) is 0 Å². The van der Waals surface area contributed by atoms with Crippen molar-refractivity contribution in [3.05, 3.63) is 54.6 Å². The van der Waals surface area contributed by atoms with E-state index in [1.54, 1.807) is 42.2 Å². The maximum Gasteiger partial charge on any atom is 0.267 e. The minimum absolute atomic E-state index is 0. The van der Waals surface area contributed by atoms with Crippen LogP contribution >= 0.6 is 0 Å². The first-order valence-corrected chi connectivity index (χ1v) is 11.0. The Hall–Kier alpha value is -3.40. The quantitative estimate of drug-likeness (QED) is 0.508. The molecule has 0 amide bonds. The Morgan fingerprint density at radius 3 is 2.67 bits per heavy atom. The molecule has 0 radical (unpaired) electrons. The molecular formula is C20H22N6O3S. The number of pyridine rings is 1. The molecule has 0 unspecified atom stereocenters. The van der Waals surface area contributed by atoms with E-state index >= 15 is 0 Å². The predicted molar refractivity (Wildman–Crippen MR) is 114 cm³/mol. The Bertz CT molecular complexity index is 1340. The number of aromatic nitrogens is 5. The number of aryl methyl sites for hydroxylation is 1. The average Bonchev–Trinajstić information content (AvgIpc) is 3.36. The van der Waals surface area contributed by atoms with E-state index in [0.717, 1.165) is 0 Å². The fraction of sp³-hybridized carbons (Fsp3) is 0.250. The van der Waals surface area contributed by atoms with Gasteiger partial charge in [-0.3, -0.25) is 9.40 Å². The third-order valence-corrected chi connectivity index (χ3v) is 6.63. The largest absolute Gasteiger partial charge is 0.495 e. The van der Waals surface area contributed by atoms with Crippen molar-refractivity contribution >= 4 is 26.6 Å². The molecular weight excluding hydrogens is 404 g/mol. The van der Waals surface area contributed by atoms with Crippen LogP contribution in [0.2, 0.25) is 0 Å². The van der Waals surface area contributed by atoms with Gasteiger partial charge in [0.25, 0.3) is 10.0 Å². The number of hydrogen-bond acceptors (Lipinski definition) is 6. The number of benzene rings is 1. The molecule has 3 aromatic heterocycles. The molecule has 4 aromatic rings. The summed E-state index contributed by atoms with van der Waals surface area (Å²) >= 11 is 0. The van der Waals surface area contributed by atoms with E-state index < -0.39 is 10.0 Å². The Morgan fingerprint density at radius 1 is 1.13 bits per heavy atom. The van der Waals surface area contributed by atoms with Crippen molar-refractivity contribution in [3.63, 3.8) is 0 Å². The van der Waals surface area contributed by atoms with Crippen LogP contribution in [0.25, 0.3) is 16.7 Å². The normalized spacial score (nSPS) is 14.2. The molecule has 5 rings (SSSR count). The Labute approximate surface area is 174 Å². The number of nitrogens with zero attached hydrogens (tertiary/aromatic N) is 5. The van der Waals surface area contributed by atoms with Crippen molar-refractivity contribution in [1.82, 2.24) is 24.5 Å². The van der Waals surface area contributed by atoms with E-state index in [4.69, 9.17) is 4.74 Å². The van der Waals surface area contributed by atoms with Gasteiger partial charge < -0.3 is 4.74 Å². The summed E-state index contributed by atoms with van der Waals surface area (Å²) in [6.45, 7) is 0. The number of nitrogens with one attached hydrogen (secondary N) is 1. The van der Waals surface area contributed by atoms with E-state index in [-0.39, 0.29) is 12.1 Å². The van der Waals surface area contributed by atoms with Crippen molar-refractivity contribution in [2.24, 2.45) is 7.05 Å². The number of ether oxygens (including phenoxy) is 1. The zero-order valence-electron chi connectivity index (χ0n) is 16.5. The van der Waals surface area contributed by atoms with Gasteiger partial charge in [-0.25, -0.2) is 18.1 Å². The third-order valence-electron chi connectivity index (χ3n) is 5.19. The maximum absolute atomic E-state index is 13.2. The number of hydrogen-bond donors (Lipinski definition) is 1. The summed E-state index contributed by atoms with van der Waals surface area (Å²) < 4.78 is 37.5. The van der Waals surface area contributed by atoms with Crippen molar-refractivity contribution < 1.29 is 14.6 Å². The number of fused-ring (bicyclic) bond motifs is 1. The van der Waals surface area contributed by atoms with Gasteiger partial charge in [0, 0.05) is 20.1 Å². The lowest BCUT2D eigenvalue weighted by atomic mass is 10.2. The lowest BCUT2D eigenvalue weighted by Crippen LogP contribution is -2.16. The van der Waals surface area contributed by atoms with Crippen molar-refractivity contribution in [2.45, 2.75) is 23.7 Å². The van der Waals surface area contributed by atoms with Crippen LogP contribution in [-0.2, 0) is 17.1 Å². The highest BCUT2D eigenvalue weighted by molar-refractivity contribution is 7.93. The topological polar surface area (TPSA) is 104 Å². The van der Waals surface area contributed by atoms with Crippen LogP contribution in [-0.4, -0.2) is 40.1 Å². The molecule has 0 saturated heterocycles. The molecule has 1 fully saturated rings. The monoisotopic (exact) mass is 426 g/mol. The van der Waals surface area contributed by atoms with E-state index in [2.05, 4.69) is 19.9 Å². The van der Waals surface area contributed by atoms with Crippen LogP contribution in [0.4, 0.5) is 5.69 Å². The molecule has 1 aliphatic carbocycles. The minimum atomic E-state index is -3.95. The first kappa shape index (κ1) is 18.6. The van der Waals surface area contributed by atoms with Crippen LogP contribution < -0.4 is 9.46 Å². The average molecular weight is 427 g/mol. The Morgan fingerprint density at radius 2 is 1.97 bits per heavy atom. The summed E-state index contributed by atoms with van der Waals surface area (Å²) in [4.78, 5) is 4.39. The van der Waals surface area contributed by atoms with Crippen LogP contribution in [0.1, 0.15) is 25.7 Å². The van der Waals surface area contributed by atoms with Gasteiger partial charge in [0.15, 0.2) is 10.7 Å². The first-order valence-electron chi connectivity index (χ1n) is 9.49. The molecule has 156 valence electrons. The molecule has 10 heteroatoms. The Kier molecular flexibility index (Phi) is 4.24. The van der Waals surface area contributed by atoms with Gasteiger partial charge in [0.1, 0.15) is 5.75 Å². The summed E-state index contributed by atoms with van der Waals surface area (Å²) in [5, 5.41) is 9.22. The highest BCUT2D eigenvalue weighted by Gasteiger charge is 2.26. The number of rotatable bonds is 6. The maximum atomic E-state index is 13.2. The highest BCUT2D eigenvalue weighted by atomic mass is 32.2. The molecule has 0 aliphatic heterocycles. The van der Waals surface area contributed by atoms with Crippen LogP contribution in [0.3, 0.4) is 0 Å². The molecule has 0 spiro atoms. The second-order valence-corrected chi connectivity index (χ2v) is 8.93. The van der Waals surface area contributed by atoms with Gasteiger partial charge in [-0.15, -0.1) is 0 Å². The molecule has 1 aliphatic rings. The fourth-order valence-electron chi connectivity index (χ4n) is 3.51. The molecule has 1 saturated carbocycles. The van der Waals surface area contributed by atoms with Gasteiger partial charge in [0.2, 0.25) is 0 Å². The zero-order chi connectivity index (χ0) is 20.9. The molecule has 1 N–H and O–H groups in total. The third kappa shape index (κ3) is 3.18. The zero-order valence-corrected chi connectivity index (χ0v) is 17.3. The van der Waals surface area contributed by atoms with Gasteiger partial charge in [-0.1, -0.05) is 0 Å². The fourth-order valence-corrected chi connectivity index (χ4v) is 4.96. The molecule has 1 aromatic carbocycles. The first-order chi connectivity index (χ1) is 14.5. The molecule has 9 nitrogen and oxygen atoms in total. The Balaban J connectivity index is 0.00000231. The molecule has 0 atom stereocenters. The smallest absolute Gasteiger partial charge is 0.267 e. The van der Waals surface area contributed by atoms with Gasteiger partial charge >= 0.3 is 0 Å². The SMILES string of the molecule is COc1ccc2cnn(C)c2c1S(=O)(=O)Nc1ccc(-n2cc(C3CC3)cn2)nc1.[HH]. The van der Waals surface area contributed by atoms with E-state index in [1.807, 2.05) is 12.4 Å². The summed E-state index contributed by atoms with van der Waals surface area (Å²) in [5.74, 6) is 1.47. The summed E-state index contributed by atoms with van der Waals surface area (Å²) in [6, 6.07) is 6.78. The number of anilines is 1. The van der Waals surface area contributed by atoms with Gasteiger partial charge in [-0.05, 0) is 48.6 Å². The predicted octanol–water partition coefficient (Wildman–Crippen LogP) is 3.09. The molecule has 3 heterocycles. The number of sulfonamides is 1. The van der Waals surface area contributed by atoms with E-state index in [0.29, 0.717) is 28.3 Å². The highest BCUT2D eigenvalue weighted by Crippen LogP contribution is 2.39. The van der Waals surface area contributed by atoms with Crippen LogP contribution in [0.5, 0.6) is 5.75 Å². The van der Waals surface area contributed by atoms with Crippen molar-refractivity contribution in [3.8, 4) is 11.6 Å².